The molecule has 5 heteroatoms. The molecular formula is C12H23N5. The number of anilines is 2. The van der Waals surface area contributed by atoms with Crippen LogP contribution >= 0.6 is 0 Å². The largest absolute Gasteiger partial charge is 0.363 e. The molecule has 0 unspecified atom stereocenters. The molecule has 1 rings (SSSR count). The summed E-state index contributed by atoms with van der Waals surface area (Å²) < 4.78 is 0. The molecule has 0 aliphatic rings. The molecule has 0 spiro atoms. The summed E-state index contributed by atoms with van der Waals surface area (Å²) in [5.41, 5.74) is 5.82. The maximum atomic E-state index is 5.74. The Labute approximate surface area is 104 Å². The molecule has 1 aromatic heterocycles. The predicted octanol–water partition coefficient (Wildman–Crippen LogP) is 0.964. The fraction of sp³-hybridized carbons (Fsp3) is 0.667. The van der Waals surface area contributed by atoms with E-state index < -0.39 is 0 Å². The van der Waals surface area contributed by atoms with Gasteiger partial charge in [0.1, 0.15) is 18.0 Å². The van der Waals surface area contributed by atoms with Gasteiger partial charge in [-0.15, -0.1) is 0 Å². The van der Waals surface area contributed by atoms with Crippen LogP contribution in [-0.2, 0) is 0 Å². The fourth-order valence-electron chi connectivity index (χ4n) is 1.58. The zero-order valence-electron chi connectivity index (χ0n) is 11.4. The summed E-state index contributed by atoms with van der Waals surface area (Å²) in [7, 11) is 5.96. The highest BCUT2D eigenvalue weighted by Crippen LogP contribution is 2.20. The van der Waals surface area contributed by atoms with Crippen molar-refractivity contribution >= 4 is 11.6 Å². The summed E-state index contributed by atoms with van der Waals surface area (Å²) in [5, 5.41) is 0. The molecular weight excluding hydrogens is 214 g/mol. The van der Waals surface area contributed by atoms with Gasteiger partial charge in [-0.3, -0.25) is 0 Å². The van der Waals surface area contributed by atoms with Crippen LogP contribution in [0.5, 0.6) is 0 Å². The molecule has 0 radical (unpaired) electrons. The van der Waals surface area contributed by atoms with Crippen LogP contribution in [0.3, 0.4) is 0 Å². The summed E-state index contributed by atoms with van der Waals surface area (Å²) in [6.45, 7) is 5.82. The molecule has 0 fully saturated rings. The highest BCUT2D eigenvalue weighted by molar-refractivity contribution is 5.48. The number of aromatic nitrogens is 2. The first kappa shape index (κ1) is 13.7. The molecule has 0 atom stereocenters. The second-order valence-corrected chi connectivity index (χ2v) is 5.35. The lowest BCUT2D eigenvalue weighted by molar-refractivity contribution is 0.384. The number of rotatable bonds is 5. The molecule has 0 saturated carbocycles. The highest BCUT2D eigenvalue weighted by Gasteiger charge is 2.19. The van der Waals surface area contributed by atoms with Crippen molar-refractivity contribution in [1.82, 2.24) is 9.97 Å². The average Bonchev–Trinajstić information content (AvgIpc) is 2.28. The Kier molecular flexibility index (Phi) is 4.28. The zero-order chi connectivity index (χ0) is 13.1. The maximum Gasteiger partial charge on any atom is 0.133 e. The number of hydrogen-bond acceptors (Lipinski definition) is 5. The van der Waals surface area contributed by atoms with Crippen LogP contribution in [0.1, 0.15) is 13.8 Å². The van der Waals surface area contributed by atoms with Crippen LogP contribution in [0.4, 0.5) is 11.6 Å². The Morgan fingerprint density at radius 3 is 2.29 bits per heavy atom. The summed E-state index contributed by atoms with van der Waals surface area (Å²) in [6, 6.07) is 1.98. The van der Waals surface area contributed by atoms with Crippen molar-refractivity contribution in [3.63, 3.8) is 0 Å². The van der Waals surface area contributed by atoms with Crippen molar-refractivity contribution < 1.29 is 0 Å². The third kappa shape index (κ3) is 3.85. The molecule has 0 amide bonds. The minimum absolute atomic E-state index is 0.0813. The predicted molar refractivity (Wildman–Crippen MR) is 72.5 cm³/mol. The van der Waals surface area contributed by atoms with Gasteiger partial charge in [0.15, 0.2) is 0 Å². The first-order chi connectivity index (χ1) is 7.85. The van der Waals surface area contributed by atoms with E-state index in [0.29, 0.717) is 6.54 Å². The highest BCUT2D eigenvalue weighted by atomic mass is 15.2. The minimum Gasteiger partial charge on any atom is -0.363 e. The zero-order valence-corrected chi connectivity index (χ0v) is 11.4. The van der Waals surface area contributed by atoms with Crippen molar-refractivity contribution in [2.24, 2.45) is 11.1 Å². The van der Waals surface area contributed by atoms with Gasteiger partial charge in [-0.05, 0) is 12.0 Å². The van der Waals surface area contributed by atoms with Crippen LogP contribution in [0.15, 0.2) is 12.4 Å². The number of nitrogens with zero attached hydrogens (tertiary/aromatic N) is 4. The topological polar surface area (TPSA) is 58.3 Å². The van der Waals surface area contributed by atoms with Gasteiger partial charge < -0.3 is 15.5 Å². The van der Waals surface area contributed by atoms with Gasteiger partial charge in [0.05, 0.1) is 0 Å². The van der Waals surface area contributed by atoms with Gasteiger partial charge in [0, 0.05) is 33.8 Å². The van der Waals surface area contributed by atoms with Crippen LogP contribution in [0.2, 0.25) is 0 Å². The van der Waals surface area contributed by atoms with Crippen LogP contribution in [0, 0.1) is 5.41 Å². The van der Waals surface area contributed by atoms with E-state index >= 15 is 0 Å². The second kappa shape index (κ2) is 5.31. The number of nitrogens with two attached hydrogens (primary N) is 1. The normalized spacial score (nSPS) is 11.4. The van der Waals surface area contributed by atoms with E-state index in [1.807, 2.05) is 32.1 Å². The Balaban J connectivity index is 2.82. The van der Waals surface area contributed by atoms with Gasteiger partial charge in [-0.1, -0.05) is 13.8 Å². The second-order valence-electron chi connectivity index (χ2n) is 5.35. The summed E-state index contributed by atoms with van der Waals surface area (Å²) >= 11 is 0. The molecule has 17 heavy (non-hydrogen) atoms. The summed E-state index contributed by atoms with van der Waals surface area (Å²) in [4.78, 5) is 12.6. The van der Waals surface area contributed by atoms with Crippen molar-refractivity contribution in [2.75, 3.05) is 44.0 Å². The van der Waals surface area contributed by atoms with E-state index in [4.69, 9.17) is 5.73 Å². The molecule has 1 aromatic rings. The molecule has 2 N–H and O–H groups in total. The van der Waals surface area contributed by atoms with E-state index in [1.165, 1.54) is 0 Å². The van der Waals surface area contributed by atoms with Gasteiger partial charge >= 0.3 is 0 Å². The molecule has 0 bridgehead atoms. The van der Waals surface area contributed by atoms with Crippen molar-refractivity contribution in [3.8, 4) is 0 Å². The van der Waals surface area contributed by atoms with Crippen LogP contribution in [0.25, 0.3) is 0 Å². The van der Waals surface area contributed by atoms with E-state index in [0.717, 1.165) is 18.2 Å². The van der Waals surface area contributed by atoms with Gasteiger partial charge in [-0.25, -0.2) is 9.97 Å². The van der Waals surface area contributed by atoms with Gasteiger partial charge in [-0.2, -0.15) is 0 Å². The standard InChI is InChI=1S/C12H23N5/c1-12(2,7-13)8-17(5)11-6-10(16(3)4)14-9-15-11/h6,9H,7-8,13H2,1-5H3. The molecule has 0 aliphatic heterocycles. The van der Waals surface area contributed by atoms with Crippen molar-refractivity contribution in [1.29, 1.82) is 0 Å². The van der Waals surface area contributed by atoms with E-state index in [9.17, 15) is 0 Å². The first-order valence-electron chi connectivity index (χ1n) is 5.76. The molecule has 0 saturated heterocycles. The lowest BCUT2D eigenvalue weighted by Gasteiger charge is -2.30. The van der Waals surface area contributed by atoms with E-state index in [1.54, 1.807) is 6.33 Å². The van der Waals surface area contributed by atoms with Crippen LogP contribution in [-0.4, -0.2) is 44.2 Å². The lowest BCUT2D eigenvalue weighted by Crippen LogP contribution is -2.37. The Hall–Kier alpha value is -1.36. The Morgan fingerprint density at radius 2 is 1.76 bits per heavy atom. The third-order valence-corrected chi connectivity index (χ3v) is 2.71. The van der Waals surface area contributed by atoms with E-state index in [-0.39, 0.29) is 5.41 Å². The maximum absolute atomic E-state index is 5.74. The third-order valence-electron chi connectivity index (χ3n) is 2.71. The lowest BCUT2D eigenvalue weighted by atomic mass is 9.93. The summed E-state index contributed by atoms with van der Waals surface area (Å²) in [6.07, 6.45) is 1.59. The van der Waals surface area contributed by atoms with Gasteiger partial charge in [0.25, 0.3) is 0 Å². The first-order valence-corrected chi connectivity index (χ1v) is 5.76. The molecule has 0 aliphatic carbocycles. The summed E-state index contributed by atoms with van der Waals surface area (Å²) in [5.74, 6) is 1.83. The Morgan fingerprint density at radius 1 is 1.18 bits per heavy atom. The quantitative estimate of drug-likeness (QED) is 0.826. The molecule has 0 aromatic carbocycles. The van der Waals surface area contributed by atoms with E-state index in [2.05, 4.69) is 28.7 Å². The smallest absolute Gasteiger partial charge is 0.133 e. The van der Waals surface area contributed by atoms with Crippen molar-refractivity contribution in [3.05, 3.63) is 12.4 Å². The molecule has 1 heterocycles. The minimum atomic E-state index is 0.0813. The SMILES string of the molecule is CN(C)c1cc(N(C)CC(C)(C)CN)ncn1. The van der Waals surface area contributed by atoms with Crippen LogP contribution < -0.4 is 15.5 Å². The average molecular weight is 237 g/mol. The van der Waals surface area contributed by atoms with Gasteiger partial charge in [0.2, 0.25) is 0 Å². The monoisotopic (exact) mass is 237 g/mol. The number of hydrogen-bond donors (Lipinski definition) is 1. The molecule has 5 nitrogen and oxygen atoms in total. The molecule has 96 valence electrons. The van der Waals surface area contributed by atoms with Crippen molar-refractivity contribution in [2.45, 2.75) is 13.8 Å². The Bertz CT molecular complexity index is 362. The fourth-order valence-corrected chi connectivity index (χ4v) is 1.58.